The zero-order chi connectivity index (χ0) is 39.7. The van der Waals surface area contributed by atoms with E-state index in [1.165, 1.54) is 134 Å². The summed E-state index contributed by atoms with van der Waals surface area (Å²) >= 11 is 0. The normalized spacial score (nSPS) is 11.9. The summed E-state index contributed by atoms with van der Waals surface area (Å²) in [5, 5.41) is 0. The van der Waals surface area contributed by atoms with Gasteiger partial charge in [0, 0.05) is 25.5 Å². The van der Waals surface area contributed by atoms with E-state index in [9.17, 15) is 14.4 Å². The fraction of sp³-hybridized carbons (Fsp3) is 0.771. The third kappa shape index (κ3) is 34.3. The van der Waals surface area contributed by atoms with Gasteiger partial charge in [0.25, 0.3) is 0 Å². The van der Waals surface area contributed by atoms with Crippen LogP contribution < -0.4 is 4.74 Å². The molecule has 0 bridgehead atoms. The Morgan fingerprint density at radius 2 is 1.00 bits per heavy atom. The highest BCUT2D eigenvalue weighted by molar-refractivity contribution is 5.87. The molecule has 1 unspecified atom stereocenters. The highest BCUT2D eigenvalue weighted by atomic mass is 16.6. The van der Waals surface area contributed by atoms with E-state index in [1.807, 2.05) is 24.3 Å². The molecule has 1 aromatic rings. The van der Waals surface area contributed by atoms with Crippen molar-refractivity contribution in [2.24, 2.45) is 0 Å². The van der Waals surface area contributed by atoms with Gasteiger partial charge in [-0.1, -0.05) is 180 Å². The van der Waals surface area contributed by atoms with Crippen LogP contribution in [0.3, 0.4) is 0 Å². The van der Waals surface area contributed by atoms with Gasteiger partial charge in [-0.25, -0.2) is 4.79 Å². The Bertz CT molecular complexity index is 1040. The van der Waals surface area contributed by atoms with Crippen molar-refractivity contribution in [1.82, 2.24) is 0 Å². The SMILES string of the molecule is CCCCCCCCCCCCCC(=O)OCC(COC(=O)/C=C/c1ccc(OCCCCCCCC)cc1)OCCCCCCCCCCCCCC=O. The van der Waals surface area contributed by atoms with Gasteiger partial charge in [-0.3, -0.25) is 4.79 Å². The molecular weight excluding hydrogens is 689 g/mol. The monoisotopic (exact) mass is 771 g/mol. The van der Waals surface area contributed by atoms with Gasteiger partial charge in [-0.05, 0) is 49.5 Å². The molecule has 0 amide bonds. The van der Waals surface area contributed by atoms with Crippen LogP contribution in [-0.4, -0.2) is 50.8 Å². The Kier molecular flexibility index (Phi) is 36.2. The quantitative estimate of drug-likeness (QED) is 0.0283. The van der Waals surface area contributed by atoms with Gasteiger partial charge in [0.15, 0.2) is 0 Å². The van der Waals surface area contributed by atoms with E-state index < -0.39 is 12.1 Å². The van der Waals surface area contributed by atoms with Crippen LogP contribution >= 0.6 is 0 Å². The Morgan fingerprint density at radius 1 is 0.545 bits per heavy atom. The van der Waals surface area contributed by atoms with Gasteiger partial charge in [-0.15, -0.1) is 0 Å². The number of carbonyl (C=O) groups excluding carboxylic acids is 3. The third-order valence-corrected chi connectivity index (χ3v) is 10.2. The summed E-state index contributed by atoms with van der Waals surface area (Å²) in [4.78, 5) is 35.6. The molecule has 0 saturated heterocycles. The molecule has 0 fully saturated rings. The van der Waals surface area contributed by atoms with Crippen LogP contribution in [0.4, 0.5) is 0 Å². The van der Waals surface area contributed by atoms with E-state index in [-0.39, 0.29) is 19.2 Å². The zero-order valence-electron chi connectivity index (χ0n) is 35.5. The summed E-state index contributed by atoms with van der Waals surface area (Å²) in [5.74, 6) is 0.169. The minimum Gasteiger partial charge on any atom is -0.494 e. The average Bonchev–Trinajstić information content (AvgIpc) is 3.20. The van der Waals surface area contributed by atoms with Gasteiger partial charge < -0.3 is 23.7 Å². The maximum absolute atomic E-state index is 12.6. The van der Waals surface area contributed by atoms with E-state index in [2.05, 4.69) is 13.8 Å². The summed E-state index contributed by atoms with van der Waals surface area (Å²) in [6.45, 7) is 5.87. The van der Waals surface area contributed by atoms with E-state index in [4.69, 9.17) is 18.9 Å². The van der Waals surface area contributed by atoms with E-state index in [0.717, 1.165) is 75.6 Å². The Morgan fingerprint density at radius 3 is 1.53 bits per heavy atom. The van der Waals surface area contributed by atoms with Crippen molar-refractivity contribution in [3.63, 3.8) is 0 Å². The molecule has 316 valence electrons. The molecule has 0 spiro atoms. The third-order valence-electron chi connectivity index (χ3n) is 10.2. The van der Waals surface area contributed by atoms with Crippen LogP contribution in [0, 0.1) is 0 Å². The fourth-order valence-corrected chi connectivity index (χ4v) is 6.64. The van der Waals surface area contributed by atoms with Crippen molar-refractivity contribution in [3.05, 3.63) is 35.9 Å². The average molecular weight is 771 g/mol. The molecule has 7 heteroatoms. The number of carbonyl (C=O) groups is 3. The number of ether oxygens (including phenoxy) is 4. The minimum absolute atomic E-state index is 0.0370. The number of esters is 2. The molecule has 0 N–H and O–H groups in total. The zero-order valence-corrected chi connectivity index (χ0v) is 35.5. The largest absolute Gasteiger partial charge is 0.494 e. The van der Waals surface area contributed by atoms with Crippen LogP contribution in [0.15, 0.2) is 30.3 Å². The molecule has 1 atom stereocenters. The molecule has 0 heterocycles. The van der Waals surface area contributed by atoms with Crippen molar-refractivity contribution in [3.8, 4) is 5.75 Å². The molecule has 1 rings (SSSR count). The van der Waals surface area contributed by atoms with E-state index in [1.54, 1.807) is 6.08 Å². The van der Waals surface area contributed by atoms with Crippen molar-refractivity contribution in [1.29, 1.82) is 0 Å². The minimum atomic E-state index is -0.492. The maximum atomic E-state index is 12.6. The van der Waals surface area contributed by atoms with Crippen LogP contribution in [0.2, 0.25) is 0 Å². The standard InChI is InChI=1S/C48H82O7/c1-3-5-7-9-11-12-15-18-21-24-28-32-47(50)54-42-46(53-41-31-27-23-20-17-14-13-16-19-22-25-29-39-49)43-55-48(51)38-35-44-33-36-45(37-34-44)52-40-30-26-10-8-6-4-2/h33-39,46H,3-32,40-43H2,1-2H3/b38-35+. The second kappa shape index (κ2) is 39.6. The summed E-state index contributed by atoms with van der Waals surface area (Å²) in [5.41, 5.74) is 0.888. The van der Waals surface area contributed by atoms with Crippen molar-refractivity contribution >= 4 is 24.3 Å². The number of unbranched alkanes of at least 4 members (excludes halogenated alkanes) is 26. The summed E-state index contributed by atoms with van der Waals surface area (Å²) in [6, 6.07) is 7.72. The van der Waals surface area contributed by atoms with Gasteiger partial charge in [0.1, 0.15) is 31.4 Å². The number of rotatable bonds is 41. The molecule has 0 aliphatic rings. The van der Waals surface area contributed by atoms with Crippen LogP contribution in [0.5, 0.6) is 5.75 Å². The lowest BCUT2D eigenvalue weighted by molar-refractivity contribution is -0.153. The maximum Gasteiger partial charge on any atom is 0.330 e. The second-order valence-electron chi connectivity index (χ2n) is 15.5. The molecule has 0 aliphatic heterocycles. The molecule has 7 nitrogen and oxygen atoms in total. The van der Waals surface area contributed by atoms with Crippen LogP contribution in [0.25, 0.3) is 6.08 Å². The summed E-state index contributed by atoms with van der Waals surface area (Å²) in [6.07, 6.45) is 38.7. The number of hydrogen-bond acceptors (Lipinski definition) is 7. The van der Waals surface area contributed by atoms with E-state index in [0.29, 0.717) is 19.4 Å². The lowest BCUT2D eigenvalue weighted by atomic mass is 10.1. The Hall–Kier alpha value is -2.67. The van der Waals surface area contributed by atoms with Crippen molar-refractivity contribution in [2.75, 3.05) is 26.4 Å². The van der Waals surface area contributed by atoms with Crippen molar-refractivity contribution < 1.29 is 33.3 Å². The first-order valence-electron chi connectivity index (χ1n) is 22.9. The number of aldehydes is 1. The van der Waals surface area contributed by atoms with Gasteiger partial charge in [-0.2, -0.15) is 0 Å². The number of hydrogen-bond donors (Lipinski definition) is 0. The highest BCUT2D eigenvalue weighted by Gasteiger charge is 2.15. The summed E-state index contributed by atoms with van der Waals surface area (Å²) < 4.78 is 23.1. The Labute approximate surface area is 337 Å². The Balaban J connectivity index is 2.38. The second-order valence-corrected chi connectivity index (χ2v) is 15.5. The molecule has 0 aliphatic carbocycles. The molecule has 0 radical (unpaired) electrons. The number of benzene rings is 1. The topological polar surface area (TPSA) is 88.1 Å². The van der Waals surface area contributed by atoms with Gasteiger partial charge in [0.05, 0.1) is 6.61 Å². The van der Waals surface area contributed by atoms with Gasteiger partial charge in [0.2, 0.25) is 0 Å². The van der Waals surface area contributed by atoms with Gasteiger partial charge >= 0.3 is 11.9 Å². The predicted molar refractivity (Wildman–Crippen MR) is 229 cm³/mol. The first-order valence-corrected chi connectivity index (χ1v) is 22.9. The molecule has 0 saturated carbocycles. The molecular formula is C48H82O7. The highest BCUT2D eigenvalue weighted by Crippen LogP contribution is 2.16. The predicted octanol–water partition coefficient (Wildman–Crippen LogP) is 13.5. The van der Waals surface area contributed by atoms with Crippen molar-refractivity contribution in [2.45, 2.75) is 213 Å². The lowest BCUT2D eigenvalue weighted by Crippen LogP contribution is -2.28. The first kappa shape index (κ1) is 50.3. The smallest absolute Gasteiger partial charge is 0.330 e. The first-order chi connectivity index (χ1) is 27.1. The fourth-order valence-electron chi connectivity index (χ4n) is 6.64. The lowest BCUT2D eigenvalue weighted by Gasteiger charge is -2.18. The van der Waals surface area contributed by atoms with Crippen LogP contribution in [0.1, 0.15) is 212 Å². The molecule has 1 aromatic carbocycles. The summed E-state index contributed by atoms with van der Waals surface area (Å²) in [7, 11) is 0. The van der Waals surface area contributed by atoms with E-state index >= 15 is 0 Å². The van der Waals surface area contributed by atoms with Crippen LogP contribution in [-0.2, 0) is 28.6 Å². The molecule has 55 heavy (non-hydrogen) atoms. The molecule has 0 aromatic heterocycles.